The normalized spacial score (nSPS) is 24.0. The molecule has 1 saturated heterocycles. The Bertz CT molecular complexity index is 791. The summed E-state index contributed by atoms with van der Waals surface area (Å²) < 4.78 is 13.3. The zero-order valence-corrected chi connectivity index (χ0v) is 14.3. The third-order valence-corrected chi connectivity index (χ3v) is 5.44. The Hall–Kier alpha value is -2.08. The van der Waals surface area contributed by atoms with Gasteiger partial charge in [0.05, 0.1) is 10.6 Å². The highest BCUT2D eigenvalue weighted by Gasteiger charge is 2.45. The van der Waals surface area contributed by atoms with E-state index in [1.807, 2.05) is 0 Å². The monoisotopic (exact) mass is 364 g/mol. The maximum absolute atomic E-state index is 13.3. The molecule has 1 unspecified atom stereocenters. The zero-order valence-electron chi connectivity index (χ0n) is 13.5. The second-order valence-corrected chi connectivity index (χ2v) is 7.32. The van der Waals surface area contributed by atoms with E-state index in [0.29, 0.717) is 25.1 Å². The van der Waals surface area contributed by atoms with Crippen LogP contribution in [0, 0.1) is 11.7 Å². The summed E-state index contributed by atoms with van der Waals surface area (Å²) in [4.78, 5) is 28.4. The molecule has 0 bridgehead atoms. The number of benzene rings is 1. The van der Waals surface area contributed by atoms with E-state index in [9.17, 15) is 19.1 Å². The molecule has 0 spiro atoms. The van der Waals surface area contributed by atoms with Gasteiger partial charge in [0.15, 0.2) is 5.76 Å². The van der Waals surface area contributed by atoms with Crippen LogP contribution in [-0.4, -0.2) is 45.9 Å². The molecule has 2 heterocycles. The van der Waals surface area contributed by atoms with E-state index in [1.54, 1.807) is 15.9 Å². The van der Waals surface area contributed by atoms with Crippen LogP contribution in [0.4, 0.5) is 4.39 Å². The number of hydrogen-bond acceptors (Lipinski definition) is 3. The molecule has 2 aliphatic heterocycles. The van der Waals surface area contributed by atoms with Crippen molar-refractivity contribution >= 4 is 23.4 Å². The average molecular weight is 365 g/mol. The van der Waals surface area contributed by atoms with Gasteiger partial charge in [-0.1, -0.05) is 17.7 Å². The minimum Gasteiger partial charge on any atom is -0.503 e. The van der Waals surface area contributed by atoms with Gasteiger partial charge in [-0.15, -0.1) is 0 Å². The van der Waals surface area contributed by atoms with E-state index < -0.39 is 17.5 Å². The Morgan fingerprint density at radius 3 is 2.64 bits per heavy atom. The van der Waals surface area contributed by atoms with Crippen LogP contribution in [0.2, 0.25) is 5.02 Å². The number of aliphatic hydroxyl groups is 1. The molecular formula is C18H18ClFN2O3. The van der Waals surface area contributed by atoms with Crippen molar-refractivity contribution in [3.63, 3.8) is 0 Å². The molecule has 1 atom stereocenters. The molecule has 4 rings (SSSR count). The molecular weight excluding hydrogens is 347 g/mol. The predicted octanol–water partition coefficient (Wildman–Crippen LogP) is 2.64. The fourth-order valence-corrected chi connectivity index (χ4v) is 3.86. The Morgan fingerprint density at radius 2 is 1.96 bits per heavy atom. The van der Waals surface area contributed by atoms with Gasteiger partial charge >= 0.3 is 0 Å². The quantitative estimate of drug-likeness (QED) is 0.897. The van der Waals surface area contributed by atoms with E-state index >= 15 is 0 Å². The van der Waals surface area contributed by atoms with Gasteiger partial charge in [-0.3, -0.25) is 9.59 Å². The van der Waals surface area contributed by atoms with Gasteiger partial charge in [0.2, 0.25) is 0 Å². The van der Waals surface area contributed by atoms with Crippen LogP contribution in [0.25, 0.3) is 0 Å². The highest BCUT2D eigenvalue weighted by atomic mass is 35.5. The molecule has 1 N–H and O–H groups in total. The highest BCUT2D eigenvalue weighted by molar-refractivity contribution is 6.30. The van der Waals surface area contributed by atoms with Gasteiger partial charge < -0.3 is 14.9 Å². The molecule has 0 radical (unpaired) electrons. The standard InChI is InChI=1S/C18H18ClFN2O3/c19-13-7-10(1-4-14(13)20)8-21-6-5-11-9-22(12-2-3-12)18(25)16(23)15(11)17(21)24/h1,4,7,11-12,23H,2-3,5-6,8-9H2. The zero-order chi connectivity index (χ0) is 17.7. The summed E-state index contributed by atoms with van der Waals surface area (Å²) >= 11 is 5.79. The number of carbonyl (C=O) groups is 2. The van der Waals surface area contributed by atoms with Crippen LogP contribution in [0.3, 0.4) is 0 Å². The summed E-state index contributed by atoms with van der Waals surface area (Å²) in [5.74, 6) is -1.78. The van der Waals surface area contributed by atoms with Crippen molar-refractivity contribution in [2.24, 2.45) is 5.92 Å². The van der Waals surface area contributed by atoms with Gasteiger partial charge in [0.1, 0.15) is 5.82 Å². The number of fused-ring (bicyclic) bond motifs is 1. The number of carbonyl (C=O) groups excluding carboxylic acids is 2. The van der Waals surface area contributed by atoms with Crippen LogP contribution in [-0.2, 0) is 16.1 Å². The summed E-state index contributed by atoms with van der Waals surface area (Å²) in [5.41, 5.74) is 0.932. The van der Waals surface area contributed by atoms with Crippen molar-refractivity contribution in [1.29, 1.82) is 0 Å². The number of piperidine rings is 1. The van der Waals surface area contributed by atoms with Crippen LogP contribution in [0.15, 0.2) is 29.5 Å². The van der Waals surface area contributed by atoms with Crippen molar-refractivity contribution in [1.82, 2.24) is 9.80 Å². The van der Waals surface area contributed by atoms with Crippen LogP contribution in [0.5, 0.6) is 0 Å². The van der Waals surface area contributed by atoms with Crippen LogP contribution < -0.4 is 0 Å². The van der Waals surface area contributed by atoms with Crippen molar-refractivity contribution in [2.75, 3.05) is 13.1 Å². The number of rotatable bonds is 3. The first-order valence-corrected chi connectivity index (χ1v) is 8.81. The molecule has 1 aromatic rings. The van der Waals surface area contributed by atoms with Gasteiger partial charge in [-0.05, 0) is 37.0 Å². The minimum atomic E-state index is -0.506. The predicted molar refractivity (Wildman–Crippen MR) is 89.3 cm³/mol. The lowest BCUT2D eigenvalue weighted by Crippen LogP contribution is -2.50. The minimum absolute atomic E-state index is 0.00909. The average Bonchev–Trinajstić information content (AvgIpc) is 3.41. The molecule has 7 heteroatoms. The number of halogens is 2. The SMILES string of the molecule is O=C1C2=C(O)C(=O)N(C3CC3)CC2CCN1Cc1ccc(F)c(Cl)c1. The summed E-state index contributed by atoms with van der Waals surface area (Å²) in [6, 6.07) is 4.55. The van der Waals surface area contributed by atoms with E-state index in [2.05, 4.69) is 0 Å². The van der Waals surface area contributed by atoms with Crippen LogP contribution >= 0.6 is 11.6 Å². The third-order valence-electron chi connectivity index (χ3n) is 5.15. The number of amides is 2. The van der Waals surface area contributed by atoms with Gasteiger partial charge in [0, 0.05) is 31.6 Å². The highest BCUT2D eigenvalue weighted by Crippen LogP contribution is 2.37. The topological polar surface area (TPSA) is 60.9 Å². The van der Waals surface area contributed by atoms with Gasteiger partial charge in [0.25, 0.3) is 11.8 Å². The van der Waals surface area contributed by atoms with E-state index in [0.717, 1.165) is 12.8 Å². The summed E-state index contributed by atoms with van der Waals surface area (Å²) in [6.07, 6.45) is 2.62. The first-order chi connectivity index (χ1) is 12.0. The molecule has 1 aromatic carbocycles. The third kappa shape index (κ3) is 2.88. The maximum Gasteiger partial charge on any atom is 0.289 e. The first-order valence-electron chi connectivity index (χ1n) is 8.43. The van der Waals surface area contributed by atoms with Gasteiger partial charge in [-0.2, -0.15) is 0 Å². The lowest BCUT2D eigenvalue weighted by atomic mass is 9.85. The Morgan fingerprint density at radius 1 is 1.20 bits per heavy atom. The Balaban J connectivity index is 1.57. The summed E-state index contributed by atoms with van der Waals surface area (Å²) in [5, 5.41) is 10.3. The molecule has 25 heavy (non-hydrogen) atoms. The summed E-state index contributed by atoms with van der Waals surface area (Å²) in [6.45, 7) is 1.30. The number of nitrogens with zero attached hydrogens (tertiary/aromatic N) is 2. The Labute approximate surface area is 149 Å². The fourth-order valence-electron chi connectivity index (χ4n) is 3.66. The lowest BCUT2D eigenvalue weighted by Gasteiger charge is -2.40. The molecule has 1 aliphatic carbocycles. The summed E-state index contributed by atoms with van der Waals surface area (Å²) in [7, 11) is 0. The van der Waals surface area contributed by atoms with Gasteiger partial charge in [-0.25, -0.2) is 4.39 Å². The Kier molecular flexibility index (Phi) is 3.95. The van der Waals surface area contributed by atoms with Crippen molar-refractivity contribution in [2.45, 2.75) is 31.8 Å². The largest absolute Gasteiger partial charge is 0.503 e. The number of hydrogen-bond donors (Lipinski definition) is 1. The van der Waals surface area contributed by atoms with Crippen molar-refractivity contribution < 1.29 is 19.1 Å². The molecule has 5 nitrogen and oxygen atoms in total. The van der Waals surface area contributed by atoms with E-state index in [4.69, 9.17) is 11.6 Å². The van der Waals surface area contributed by atoms with Crippen LogP contribution in [0.1, 0.15) is 24.8 Å². The molecule has 132 valence electrons. The first kappa shape index (κ1) is 16.4. The smallest absolute Gasteiger partial charge is 0.289 e. The lowest BCUT2D eigenvalue weighted by molar-refractivity contribution is -0.138. The number of likely N-dealkylation sites (tertiary alicyclic amines) is 1. The second-order valence-electron chi connectivity index (χ2n) is 6.91. The maximum atomic E-state index is 13.3. The molecule has 1 saturated carbocycles. The molecule has 3 aliphatic rings. The second kappa shape index (κ2) is 6.02. The number of aliphatic hydroxyl groups excluding tert-OH is 1. The molecule has 0 aromatic heterocycles. The van der Waals surface area contributed by atoms with E-state index in [1.165, 1.54) is 12.1 Å². The van der Waals surface area contributed by atoms with E-state index in [-0.39, 0.29) is 35.0 Å². The molecule has 2 amide bonds. The fraction of sp³-hybridized carbons (Fsp3) is 0.444. The van der Waals surface area contributed by atoms with Crippen molar-refractivity contribution in [3.8, 4) is 0 Å². The van der Waals surface area contributed by atoms with Crippen molar-refractivity contribution in [3.05, 3.63) is 45.9 Å². The molecule has 2 fully saturated rings.